The number of hydrogen-bond acceptors (Lipinski definition) is 4. The van der Waals surface area contributed by atoms with E-state index in [0.29, 0.717) is 11.2 Å². The summed E-state index contributed by atoms with van der Waals surface area (Å²) in [4.78, 5) is 21.7. The predicted octanol–water partition coefficient (Wildman–Crippen LogP) is 6.66. The Labute approximate surface area is 187 Å². The number of halogens is 1. The molecule has 5 rings (SSSR count). The first kappa shape index (κ1) is 19.8. The van der Waals surface area contributed by atoms with Gasteiger partial charge in [0.25, 0.3) is 5.56 Å². The first-order valence-electron chi connectivity index (χ1n) is 9.90. The van der Waals surface area contributed by atoms with E-state index in [1.54, 1.807) is 33.3 Å². The van der Waals surface area contributed by atoms with Crippen LogP contribution in [-0.4, -0.2) is 9.55 Å². The highest BCUT2D eigenvalue weighted by atomic mass is 32.1. The summed E-state index contributed by atoms with van der Waals surface area (Å²) in [6.45, 7) is 4.30. The summed E-state index contributed by atoms with van der Waals surface area (Å²) < 4.78 is 15.5. The number of aromatic nitrogens is 2. The van der Waals surface area contributed by atoms with Crippen LogP contribution in [0.5, 0.6) is 0 Å². The summed E-state index contributed by atoms with van der Waals surface area (Å²) in [7, 11) is 0. The second-order valence-electron chi connectivity index (χ2n) is 7.52. The van der Waals surface area contributed by atoms with Gasteiger partial charge >= 0.3 is 0 Å². The van der Waals surface area contributed by atoms with E-state index in [0.717, 1.165) is 36.8 Å². The molecule has 0 saturated heterocycles. The summed E-state index contributed by atoms with van der Waals surface area (Å²) in [6.07, 6.45) is 0. The number of rotatable bonds is 4. The van der Waals surface area contributed by atoms with Crippen LogP contribution in [0.4, 0.5) is 4.39 Å². The average molecular weight is 447 g/mol. The third-order valence-corrected chi connectivity index (χ3v) is 7.15. The van der Waals surface area contributed by atoms with Crippen molar-refractivity contribution in [2.75, 3.05) is 0 Å². The van der Waals surface area contributed by atoms with Crippen molar-refractivity contribution in [3.05, 3.63) is 98.2 Å². The minimum absolute atomic E-state index is 0.0986. The lowest BCUT2D eigenvalue weighted by atomic mass is 10.1. The maximum atomic E-state index is 13.9. The van der Waals surface area contributed by atoms with Gasteiger partial charge in [0.15, 0.2) is 0 Å². The Kier molecular flexibility index (Phi) is 5.04. The van der Waals surface area contributed by atoms with Crippen molar-refractivity contribution in [2.24, 2.45) is 0 Å². The smallest absolute Gasteiger partial charge is 0.263 e. The zero-order chi connectivity index (χ0) is 21.5. The highest BCUT2D eigenvalue weighted by Gasteiger charge is 2.21. The van der Waals surface area contributed by atoms with E-state index in [2.05, 4.69) is 0 Å². The fraction of sp³-hybridized carbons (Fsp3) is 0.120. The molecule has 0 unspecified atom stereocenters. The second kappa shape index (κ2) is 7.87. The monoisotopic (exact) mass is 446 g/mol. The molecule has 0 aliphatic rings. The molecule has 0 aliphatic carbocycles. The number of nitrogens with zero attached hydrogens (tertiary/aromatic N) is 2. The molecule has 0 fully saturated rings. The largest absolute Gasteiger partial charge is 0.288 e. The Bertz CT molecular complexity index is 1470. The minimum atomic E-state index is -0.317. The van der Waals surface area contributed by atoms with Crippen LogP contribution in [0.25, 0.3) is 32.0 Å². The van der Waals surface area contributed by atoms with E-state index in [-0.39, 0.29) is 17.9 Å². The Hall–Kier alpha value is -3.09. The molecule has 0 saturated carbocycles. The Morgan fingerprint density at radius 1 is 1.03 bits per heavy atom. The molecule has 2 aromatic carbocycles. The summed E-state index contributed by atoms with van der Waals surface area (Å²) >= 11 is 3.16. The third-order valence-electron chi connectivity index (χ3n) is 5.26. The second-order valence-corrected chi connectivity index (χ2v) is 9.67. The van der Waals surface area contributed by atoms with E-state index in [1.807, 2.05) is 61.7 Å². The van der Waals surface area contributed by atoms with Crippen LogP contribution in [0.3, 0.4) is 0 Å². The van der Waals surface area contributed by atoms with Crippen LogP contribution in [0.15, 0.2) is 70.8 Å². The van der Waals surface area contributed by atoms with Gasteiger partial charge in [-0.25, -0.2) is 9.37 Å². The van der Waals surface area contributed by atoms with Crippen molar-refractivity contribution in [3.8, 4) is 21.8 Å². The van der Waals surface area contributed by atoms with Crippen molar-refractivity contribution in [1.82, 2.24) is 9.55 Å². The Morgan fingerprint density at radius 2 is 1.87 bits per heavy atom. The lowest BCUT2D eigenvalue weighted by Gasteiger charge is -2.14. The summed E-state index contributed by atoms with van der Waals surface area (Å²) in [5.74, 6) is 0.284. The van der Waals surface area contributed by atoms with Gasteiger partial charge in [0.05, 0.1) is 11.9 Å². The zero-order valence-corrected chi connectivity index (χ0v) is 18.7. The molecule has 3 aromatic heterocycles. The molecule has 3 nitrogen and oxygen atoms in total. The molecule has 0 atom stereocenters. The summed E-state index contributed by atoms with van der Waals surface area (Å²) in [5, 5.41) is 2.65. The van der Waals surface area contributed by atoms with Crippen molar-refractivity contribution in [1.29, 1.82) is 0 Å². The van der Waals surface area contributed by atoms with Crippen molar-refractivity contribution in [2.45, 2.75) is 20.4 Å². The number of thiophene rings is 2. The molecule has 0 aliphatic heterocycles. The van der Waals surface area contributed by atoms with Crippen LogP contribution < -0.4 is 5.56 Å². The van der Waals surface area contributed by atoms with E-state index >= 15 is 0 Å². The van der Waals surface area contributed by atoms with Gasteiger partial charge in [-0.2, -0.15) is 0 Å². The minimum Gasteiger partial charge on any atom is -0.288 e. The van der Waals surface area contributed by atoms with Crippen LogP contribution in [-0.2, 0) is 6.54 Å². The van der Waals surface area contributed by atoms with E-state index in [9.17, 15) is 9.18 Å². The van der Waals surface area contributed by atoms with Crippen LogP contribution in [0, 0.1) is 19.7 Å². The van der Waals surface area contributed by atoms with Crippen molar-refractivity contribution in [3.63, 3.8) is 0 Å². The quantitative estimate of drug-likeness (QED) is 0.309. The summed E-state index contributed by atoms with van der Waals surface area (Å²) in [5.41, 5.74) is 3.54. The topological polar surface area (TPSA) is 34.9 Å². The standard InChI is InChI=1S/C25H19FN2OS2/c1-15-6-3-8-18(12-15)23-27-24-22(21(16(2)31-24)20-10-5-11-30-20)25(29)28(23)14-17-7-4-9-19(26)13-17/h3-13H,14H2,1-2H3. The number of hydrogen-bond donors (Lipinski definition) is 0. The first-order valence-corrected chi connectivity index (χ1v) is 11.6. The van der Waals surface area contributed by atoms with Crippen LogP contribution in [0.2, 0.25) is 0 Å². The molecular weight excluding hydrogens is 427 g/mol. The van der Waals surface area contributed by atoms with E-state index in [1.165, 1.54) is 12.1 Å². The number of aryl methyl sites for hydroxylation is 2. The highest BCUT2D eigenvalue weighted by molar-refractivity contribution is 7.20. The van der Waals surface area contributed by atoms with Crippen LogP contribution >= 0.6 is 22.7 Å². The van der Waals surface area contributed by atoms with Gasteiger partial charge in [-0.05, 0) is 49.1 Å². The molecule has 31 heavy (non-hydrogen) atoms. The van der Waals surface area contributed by atoms with Gasteiger partial charge in [0.1, 0.15) is 16.5 Å². The van der Waals surface area contributed by atoms with Gasteiger partial charge in [0.2, 0.25) is 0 Å². The third kappa shape index (κ3) is 3.62. The maximum absolute atomic E-state index is 13.9. The molecule has 5 aromatic rings. The number of benzene rings is 2. The Balaban J connectivity index is 1.82. The molecule has 0 N–H and O–H groups in total. The Morgan fingerprint density at radius 3 is 2.61 bits per heavy atom. The molecule has 0 radical (unpaired) electrons. The molecule has 0 spiro atoms. The molecule has 154 valence electrons. The lowest BCUT2D eigenvalue weighted by Crippen LogP contribution is -2.24. The number of fused-ring (bicyclic) bond motifs is 1. The molecule has 3 heterocycles. The molecule has 0 bridgehead atoms. The van der Waals surface area contributed by atoms with Crippen molar-refractivity contribution < 1.29 is 4.39 Å². The maximum Gasteiger partial charge on any atom is 0.263 e. The summed E-state index contributed by atoms with van der Waals surface area (Å²) in [6, 6.07) is 18.4. The van der Waals surface area contributed by atoms with Gasteiger partial charge < -0.3 is 0 Å². The van der Waals surface area contributed by atoms with Gasteiger partial charge in [0, 0.05) is 20.9 Å². The van der Waals surface area contributed by atoms with Crippen LogP contribution in [0.1, 0.15) is 16.0 Å². The SMILES string of the molecule is Cc1cccc(-c2nc3sc(C)c(-c4cccs4)c3c(=O)n2Cc2cccc(F)c2)c1. The fourth-order valence-corrected chi connectivity index (χ4v) is 5.81. The van der Waals surface area contributed by atoms with Gasteiger partial charge in [-0.1, -0.05) is 42.0 Å². The lowest BCUT2D eigenvalue weighted by molar-refractivity contribution is 0.623. The predicted molar refractivity (Wildman–Crippen MR) is 128 cm³/mol. The van der Waals surface area contributed by atoms with Gasteiger partial charge in [-0.3, -0.25) is 9.36 Å². The zero-order valence-electron chi connectivity index (χ0n) is 17.1. The normalized spacial score (nSPS) is 11.3. The highest BCUT2D eigenvalue weighted by Crippen LogP contribution is 2.38. The fourth-order valence-electron chi connectivity index (χ4n) is 3.88. The van der Waals surface area contributed by atoms with Crippen molar-refractivity contribution >= 4 is 32.9 Å². The average Bonchev–Trinajstić information content (AvgIpc) is 3.37. The molecule has 6 heteroatoms. The van der Waals surface area contributed by atoms with Gasteiger partial charge in [-0.15, -0.1) is 22.7 Å². The molecular formula is C25H19FN2OS2. The van der Waals surface area contributed by atoms with E-state index in [4.69, 9.17) is 4.98 Å². The van der Waals surface area contributed by atoms with E-state index < -0.39 is 0 Å². The molecule has 0 amide bonds. The first-order chi connectivity index (χ1) is 15.0.